The van der Waals surface area contributed by atoms with Gasteiger partial charge in [-0.2, -0.15) is 0 Å². The Kier molecular flexibility index (Phi) is 17.0. The number of rotatable bonds is 23. The van der Waals surface area contributed by atoms with Crippen molar-refractivity contribution in [3.63, 3.8) is 0 Å². The summed E-state index contributed by atoms with van der Waals surface area (Å²) in [7, 11) is 1.80. The molecule has 5 amide bonds. The Balaban J connectivity index is 0.769. The van der Waals surface area contributed by atoms with Crippen LogP contribution < -0.4 is 26.0 Å². The summed E-state index contributed by atoms with van der Waals surface area (Å²) in [6, 6.07) is 14.7. The Morgan fingerprint density at radius 2 is 1.71 bits per heavy atom. The third-order valence-corrected chi connectivity index (χ3v) is 12.7. The van der Waals surface area contributed by atoms with E-state index in [4.69, 9.17) is 35.5 Å². The van der Waals surface area contributed by atoms with Crippen molar-refractivity contribution < 1.29 is 47.3 Å². The summed E-state index contributed by atoms with van der Waals surface area (Å²) in [4.78, 5) is 76.3. The Hall–Kier alpha value is -5.57. The summed E-state index contributed by atoms with van der Waals surface area (Å²) in [5.41, 5.74) is 1.56. The minimum atomic E-state index is -0.764. The maximum Gasteiger partial charge on any atom is 0.255 e. The van der Waals surface area contributed by atoms with Gasteiger partial charge in [-0.15, -0.1) is 11.3 Å². The average Bonchev–Trinajstić information content (AvgIpc) is 3.94. The first-order valence-electron chi connectivity index (χ1n) is 22.0. The van der Waals surface area contributed by atoms with E-state index in [2.05, 4.69) is 26.3 Å². The molecule has 0 bridgehead atoms. The fraction of sp³-hybridized carbons (Fsp3) is 0.457. The maximum absolute atomic E-state index is 14.6. The quantitative estimate of drug-likeness (QED) is 0.0564. The zero-order valence-electron chi connectivity index (χ0n) is 36.7. The van der Waals surface area contributed by atoms with E-state index < -0.39 is 23.2 Å². The molecule has 1 aliphatic carbocycles. The third kappa shape index (κ3) is 12.9. The summed E-state index contributed by atoms with van der Waals surface area (Å²) in [6.07, 6.45) is 4.36. The number of hydrogen-bond donors (Lipinski definition) is 4. The number of nitrogens with one attached hydrogen (secondary N) is 4. The van der Waals surface area contributed by atoms with E-state index in [0.717, 1.165) is 10.8 Å². The number of hydrogen-bond acceptors (Lipinski definition) is 14. The molecular weight excluding hydrogens is 895 g/mol. The van der Waals surface area contributed by atoms with Crippen molar-refractivity contribution in [2.75, 3.05) is 77.0 Å². The molecular formula is C46H54ClFN8O9S. The molecule has 2 aromatic carbocycles. The SMILES string of the molecule is CN(CCOCCOCCOCCNC(=O)[C@]1(Cc2cccc(Nc3nccs3)n2)CC[C@@H](Oc2cccc(Cl)c2F)CC1)CC(=O)Nc1cccc2c1CN(C1CCC(=O)NC1=O)C2=O. The van der Waals surface area contributed by atoms with E-state index >= 15 is 0 Å². The van der Waals surface area contributed by atoms with Gasteiger partial charge in [0.1, 0.15) is 11.9 Å². The number of fused-ring (bicyclic) bond motifs is 1. The van der Waals surface area contributed by atoms with E-state index in [1.54, 1.807) is 43.6 Å². The molecule has 0 radical (unpaired) electrons. The van der Waals surface area contributed by atoms with Crippen molar-refractivity contribution in [2.24, 2.45) is 5.41 Å². The number of pyridine rings is 1. The highest BCUT2D eigenvalue weighted by Gasteiger charge is 2.43. The fourth-order valence-electron chi connectivity index (χ4n) is 8.29. The number of benzene rings is 2. The zero-order valence-corrected chi connectivity index (χ0v) is 38.2. The van der Waals surface area contributed by atoms with E-state index in [1.807, 2.05) is 28.5 Å². The molecule has 1 saturated heterocycles. The summed E-state index contributed by atoms with van der Waals surface area (Å²) in [6.45, 7) is 3.08. The van der Waals surface area contributed by atoms with Crippen LogP contribution in [-0.4, -0.2) is 128 Å². The van der Waals surface area contributed by atoms with Gasteiger partial charge in [0.25, 0.3) is 5.91 Å². The average molecular weight is 950 g/mol. The molecule has 2 fully saturated rings. The lowest BCUT2D eigenvalue weighted by Crippen LogP contribution is -2.52. The van der Waals surface area contributed by atoms with E-state index in [9.17, 15) is 28.4 Å². The predicted molar refractivity (Wildman–Crippen MR) is 244 cm³/mol. The number of amides is 5. The molecule has 2 aromatic heterocycles. The van der Waals surface area contributed by atoms with Crippen LogP contribution in [-0.2, 0) is 46.4 Å². The Bertz CT molecular complexity index is 2330. The lowest BCUT2D eigenvalue weighted by Gasteiger charge is -2.39. The second kappa shape index (κ2) is 23.2. The second-order valence-electron chi connectivity index (χ2n) is 16.4. The number of imide groups is 1. The van der Waals surface area contributed by atoms with E-state index in [-0.39, 0.29) is 66.4 Å². The number of piperidine rings is 1. The number of carbonyl (C=O) groups is 5. The molecule has 2 aliphatic heterocycles. The van der Waals surface area contributed by atoms with Crippen LogP contribution in [0.15, 0.2) is 66.2 Å². The van der Waals surface area contributed by atoms with E-state index in [0.29, 0.717) is 107 Å². The van der Waals surface area contributed by atoms with Crippen LogP contribution in [0.5, 0.6) is 5.75 Å². The first-order chi connectivity index (χ1) is 32.0. The van der Waals surface area contributed by atoms with Crippen molar-refractivity contribution >= 4 is 69.1 Å². The molecule has 4 aromatic rings. The van der Waals surface area contributed by atoms with Gasteiger partial charge in [0.05, 0.1) is 62.7 Å². The lowest BCUT2D eigenvalue weighted by atomic mass is 9.69. The van der Waals surface area contributed by atoms with Crippen LogP contribution in [0.3, 0.4) is 0 Å². The van der Waals surface area contributed by atoms with E-state index in [1.165, 1.54) is 22.3 Å². The minimum absolute atomic E-state index is 0.00517. The van der Waals surface area contributed by atoms with Crippen molar-refractivity contribution in [3.8, 4) is 5.75 Å². The largest absolute Gasteiger partial charge is 0.487 e. The topological polar surface area (TPSA) is 203 Å². The van der Waals surface area contributed by atoms with Gasteiger partial charge in [0, 0.05) is 66.6 Å². The highest BCUT2D eigenvalue weighted by Crippen LogP contribution is 2.41. The van der Waals surface area contributed by atoms with Gasteiger partial charge in [0.15, 0.2) is 16.7 Å². The van der Waals surface area contributed by atoms with Gasteiger partial charge >= 0.3 is 0 Å². The van der Waals surface area contributed by atoms with Gasteiger partial charge in [-0.25, -0.2) is 14.4 Å². The van der Waals surface area contributed by atoms with Crippen LogP contribution in [0.4, 0.5) is 21.0 Å². The van der Waals surface area contributed by atoms with Crippen LogP contribution in [0.2, 0.25) is 5.02 Å². The standard InChI is InChI=1S/C46H54ClFN8O9S/c1-55(29-40(58)52-35-8-3-6-32-33(35)28-56(43(32)60)36-11-12-39(57)54-42(36)59)19-21-63-23-25-64-24-22-62-20-17-49-44(61)46(27-30-5-2-10-38(51-30)53-45-50-18-26-66-45)15-13-31(14-16-46)65-37-9-4-7-34(47)41(37)48/h2-10,18,26,31,36H,11-17,19-25,27-29H2,1H3,(H,49,61)(H,52,58)(H,50,51,53)(H,54,57,59)/t31-,36?,46-. The summed E-state index contributed by atoms with van der Waals surface area (Å²) >= 11 is 7.44. The Morgan fingerprint density at radius 1 is 0.970 bits per heavy atom. The van der Waals surface area contributed by atoms with Gasteiger partial charge in [-0.05, 0) is 75.5 Å². The molecule has 3 aliphatic rings. The molecule has 66 heavy (non-hydrogen) atoms. The van der Waals surface area contributed by atoms with Gasteiger partial charge in [-0.1, -0.05) is 29.8 Å². The molecule has 20 heteroatoms. The molecule has 0 spiro atoms. The number of aromatic nitrogens is 2. The Morgan fingerprint density at radius 3 is 2.47 bits per heavy atom. The molecule has 4 heterocycles. The van der Waals surface area contributed by atoms with Crippen LogP contribution in [0.1, 0.15) is 60.1 Å². The Labute approximate surface area is 391 Å². The van der Waals surface area contributed by atoms with Crippen molar-refractivity contribution in [2.45, 2.75) is 63.6 Å². The van der Waals surface area contributed by atoms with Crippen molar-refractivity contribution in [3.05, 3.63) is 93.8 Å². The van der Waals surface area contributed by atoms with Crippen LogP contribution in [0.25, 0.3) is 0 Å². The van der Waals surface area contributed by atoms with Crippen molar-refractivity contribution in [1.82, 2.24) is 30.4 Å². The predicted octanol–water partition coefficient (Wildman–Crippen LogP) is 5.12. The molecule has 352 valence electrons. The first-order valence-corrected chi connectivity index (χ1v) is 23.2. The molecule has 4 N–H and O–H groups in total. The van der Waals surface area contributed by atoms with Gasteiger partial charge in [0.2, 0.25) is 23.6 Å². The third-order valence-electron chi connectivity index (χ3n) is 11.7. The summed E-state index contributed by atoms with van der Waals surface area (Å²) in [5, 5.41) is 14.1. The summed E-state index contributed by atoms with van der Waals surface area (Å²) in [5.74, 6) is -1.37. The first kappa shape index (κ1) is 48.4. The van der Waals surface area contributed by atoms with Crippen LogP contribution in [0, 0.1) is 11.2 Å². The molecule has 1 saturated carbocycles. The fourth-order valence-corrected chi connectivity index (χ4v) is 8.99. The number of ether oxygens (including phenoxy) is 4. The molecule has 1 unspecified atom stereocenters. The van der Waals surface area contributed by atoms with Gasteiger partial charge < -0.3 is 39.8 Å². The number of anilines is 3. The van der Waals surface area contributed by atoms with Gasteiger partial charge in [-0.3, -0.25) is 34.2 Å². The minimum Gasteiger partial charge on any atom is -0.487 e. The molecule has 17 nitrogen and oxygen atoms in total. The molecule has 7 rings (SSSR count). The normalized spacial score (nSPS) is 19.4. The number of carbonyl (C=O) groups excluding carboxylic acids is 5. The highest BCUT2D eigenvalue weighted by molar-refractivity contribution is 7.13. The van der Waals surface area contributed by atoms with Crippen LogP contribution >= 0.6 is 22.9 Å². The zero-order chi connectivity index (χ0) is 46.5. The number of likely N-dealkylation sites (N-methyl/N-ethyl adjacent to an activating group) is 1. The van der Waals surface area contributed by atoms with Crippen molar-refractivity contribution in [1.29, 1.82) is 0 Å². The summed E-state index contributed by atoms with van der Waals surface area (Å²) < 4.78 is 37.7. The monoisotopic (exact) mass is 948 g/mol. The maximum atomic E-state index is 14.6. The number of nitrogens with zero attached hydrogens (tertiary/aromatic N) is 4. The smallest absolute Gasteiger partial charge is 0.255 e. The number of thiazole rings is 1. The lowest BCUT2D eigenvalue weighted by molar-refractivity contribution is -0.137. The highest BCUT2D eigenvalue weighted by atomic mass is 35.5. The molecule has 1 atom stereocenters. The number of halogens is 2. The second-order valence-corrected chi connectivity index (χ2v) is 17.7.